The van der Waals surface area contributed by atoms with Gasteiger partial charge in [0, 0.05) is 12.6 Å². The second-order valence-corrected chi connectivity index (χ2v) is 12.0. The highest BCUT2D eigenvalue weighted by molar-refractivity contribution is 7.72. The van der Waals surface area contributed by atoms with Gasteiger partial charge in [-0.2, -0.15) is 0 Å². The molecule has 4 atom stereocenters. The van der Waals surface area contributed by atoms with E-state index in [-0.39, 0.29) is 0 Å². The van der Waals surface area contributed by atoms with Crippen LogP contribution >= 0.6 is 6.89 Å². The fourth-order valence-corrected chi connectivity index (χ4v) is 4.33. The Morgan fingerprint density at radius 3 is 2.73 bits per heavy atom. The van der Waals surface area contributed by atoms with Crippen molar-refractivity contribution < 1.29 is 14.9 Å². The lowest BCUT2D eigenvalue weighted by atomic mass is 10.1. The number of anilines is 1. The zero-order valence-electron chi connectivity index (χ0n) is 15.7. The van der Waals surface area contributed by atoms with Crippen LogP contribution < -0.4 is 5.73 Å². The monoisotopic (exact) mass is 380 g/mol. The summed E-state index contributed by atoms with van der Waals surface area (Å²) < 4.78 is 7.89. The Bertz CT molecular complexity index is 831. The summed E-state index contributed by atoms with van der Waals surface area (Å²) in [6, 6.07) is 1.71. The largest absolute Gasteiger partial charge is 0.397 e. The number of rotatable bonds is 6. The van der Waals surface area contributed by atoms with Gasteiger partial charge in [0.2, 0.25) is 0 Å². The minimum absolute atomic E-state index is 0.427. The lowest BCUT2D eigenvalue weighted by molar-refractivity contribution is -0.0368. The third-order valence-electron chi connectivity index (χ3n) is 4.77. The molecule has 2 aromatic heterocycles. The van der Waals surface area contributed by atoms with Crippen molar-refractivity contribution >= 4 is 30.0 Å². The molecule has 3 rings (SSSR count). The van der Waals surface area contributed by atoms with Crippen molar-refractivity contribution in [2.24, 2.45) is 0 Å². The fourth-order valence-electron chi connectivity index (χ4n) is 3.38. The molecule has 8 heteroatoms. The van der Waals surface area contributed by atoms with E-state index in [9.17, 15) is 10.2 Å². The van der Waals surface area contributed by atoms with Crippen LogP contribution in [0.25, 0.3) is 11.2 Å². The SMILES string of the molecule is C=P(C)(C)CC[C@H]1OC(n2c(CCC)nc3c(N)ccnc32)[C@H](O)[C@@H]1O. The first-order valence-corrected chi connectivity index (χ1v) is 12.1. The standard InChI is InChI=1S/C18H29N4O3P/c1-5-6-13-21-14-11(19)7-9-20-17(14)22(13)18-16(24)15(23)12(25-18)8-10-26(2,3)4/h7,9,12,15-16,18,23-24H,2,5-6,8,10H2,1,3-4H3,(H2,19,20)/t12-,15-,16-,18?/m1/s1. The van der Waals surface area contributed by atoms with Crippen molar-refractivity contribution in [1.29, 1.82) is 0 Å². The summed E-state index contributed by atoms with van der Waals surface area (Å²) in [4.78, 5) is 9.02. The zero-order chi connectivity index (χ0) is 19.1. The van der Waals surface area contributed by atoms with Crippen molar-refractivity contribution in [3.63, 3.8) is 0 Å². The molecule has 1 saturated heterocycles. The van der Waals surface area contributed by atoms with Crippen molar-refractivity contribution in [3.05, 3.63) is 18.1 Å². The molecule has 4 N–H and O–H groups in total. The molecule has 7 nitrogen and oxygen atoms in total. The lowest BCUT2D eigenvalue weighted by Gasteiger charge is -2.20. The number of nitrogens with two attached hydrogens (primary N) is 1. The Kier molecular flexibility index (Phi) is 5.45. The van der Waals surface area contributed by atoms with Crippen molar-refractivity contribution in [1.82, 2.24) is 14.5 Å². The lowest BCUT2D eigenvalue weighted by Crippen LogP contribution is -2.32. The van der Waals surface area contributed by atoms with Gasteiger partial charge in [-0.1, -0.05) is 6.92 Å². The van der Waals surface area contributed by atoms with Gasteiger partial charge in [0.1, 0.15) is 23.5 Å². The van der Waals surface area contributed by atoms with Gasteiger partial charge in [0.25, 0.3) is 0 Å². The highest BCUT2D eigenvalue weighted by Gasteiger charge is 2.44. The molecule has 144 valence electrons. The van der Waals surface area contributed by atoms with Gasteiger partial charge < -0.3 is 20.7 Å². The van der Waals surface area contributed by atoms with Gasteiger partial charge in [0.15, 0.2) is 11.9 Å². The molecular formula is C18H29N4O3P. The average molecular weight is 380 g/mol. The first-order valence-electron chi connectivity index (χ1n) is 9.03. The van der Waals surface area contributed by atoms with E-state index in [2.05, 4.69) is 36.5 Å². The van der Waals surface area contributed by atoms with E-state index < -0.39 is 31.4 Å². The van der Waals surface area contributed by atoms with Crippen LogP contribution in [0.1, 0.15) is 31.8 Å². The number of imidazole rings is 1. The predicted molar refractivity (Wildman–Crippen MR) is 107 cm³/mol. The number of hydrogen-bond donors (Lipinski definition) is 3. The average Bonchev–Trinajstić information content (AvgIpc) is 3.05. The van der Waals surface area contributed by atoms with Crippen LogP contribution in [-0.4, -0.2) is 68.9 Å². The Hall–Kier alpha value is -1.40. The molecule has 1 fully saturated rings. The van der Waals surface area contributed by atoms with E-state index in [0.717, 1.165) is 18.4 Å². The molecule has 0 bridgehead atoms. The summed E-state index contributed by atoms with van der Waals surface area (Å²) in [5.74, 6) is 0.759. The second kappa shape index (κ2) is 7.31. The third-order valence-corrected chi connectivity index (χ3v) is 6.24. The maximum atomic E-state index is 10.7. The quantitative estimate of drug-likeness (QED) is 0.659. The number of hydrogen-bond acceptors (Lipinski definition) is 6. The molecule has 0 amide bonds. The van der Waals surface area contributed by atoms with Gasteiger partial charge >= 0.3 is 0 Å². The number of aliphatic hydroxyl groups excluding tert-OH is 2. The number of ether oxygens (including phenoxy) is 1. The van der Waals surface area contributed by atoms with Crippen LogP contribution in [0.4, 0.5) is 5.69 Å². The molecular weight excluding hydrogens is 351 g/mol. The Morgan fingerprint density at radius 1 is 1.35 bits per heavy atom. The van der Waals surface area contributed by atoms with E-state index in [0.29, 0.717) is 29.7 Å². The van der Waals surface area contributed by atoms with Crippen molar-refractivity contribution in [2.75, 3.05) is 25.2 Å². The van der Waals surface area contributed by atoms with Crippen LogP contribution in [-0.2, 0) is 11.2 Å². The molecule has 1 unspecified atom stereocenters. The van der Waals surface area contributed by atoms with Crippen LogP contribution in [0.2, 0.25) is 0 Å². The molecule has 0 saturated carbocycles. The van der Waals surface area contributed by atoms with Gasteiger partial charge in [-0.25, -0.2) is 9.97 Å². The maximum absolute atomic E-state index is 10.7. The highest BCUT2D eigenvalue weighted by atomic mass is 31.2. The van der Waals surface area contributed by atoms with E-state index >= 15 is 0 Å². The number of pyridine rings is 1. The molecule has 0 aromatic carbocycles. The number of nitrogen functional groups attached to an aromatic ring is 1. The first kappa shape index (κ1) is 19.4. The molecule has 1 aliphatic heterocycles. The molecule has 2 aromatic rings. The van der Waals surface area contributed by atoms with Crippen LogP contribution in [0.5, 0.6) is 0 Å². The topological polar surface area (TPSA) is 106 Å². The predicted octanol–water partition coefficient (Wildman–Crippen LogP) is 1.68. The number of aromatic nitrogens is 3. The number of aryl methyl sites for hydroxylation is 1. The summed E-state index contributed by atoms with van der Waals surface area (Å²) in [5.41, 5.74) is 7.77. The summed E-state index contributed by atoms with van der Waals surface area (Å²) in [6.45, 7) is 5.13. The second-order valence-electron chi connectivity index (χ2n) is 7.71. The number of fused-ring (bicyclic) bond motifs is 1. The van der Waals surface area contributed by atoms with Gasteiger partial charge in [0.05, 0.1) is 11.8 Å². The maximum Gasteiger partial charge on any atom is 0.165 e. The summed E-state index contributed by atoms with van der Waals surface area (Å²) in [6.07, 6.45) is 5.86. The first-order chi connectivity index (χ1) is 12.2. The molecule has 0 spiro atoms. The number of aliphatic hydroxyl groups is 2. The molecule has 26 heavy (non-hydrogen) atoms. The number of nitrogens with zero attached hydrogens (tertiary/aromatic N) is 3. The van der Waals surface area contributed by atoms with E-state index in [1.54, 1.807) is 16.8 Å². The third kappa shape index (κ3) is 3.67. The highest BCUT2D eigenvalue weighted by Crippen LogP contribution is 2.40. The zero-order valence-corrected chi connectivity index (χ0v) is 16.6. The Morgan fingerprint density at radius 2 is 2.08 bits per heavy atom. The summed E-state index contributed by atoms with van der Waals surface area (Å²) >= 11 is 0. The van der Waals surface area contributed by atoms with Crippen molar-refractivity contribution in [3.8, 4) is 0 Å². The van der Waals surface area contributed by atoms with Crippen LogP contribution in [0, 0.1) is 0 Å². The van der Waals surface area contributed by atoms with E-state index in [1.807, 2.05) is 0 Å². The van der Waals surface area contributed by atoms with Crippen LogP contribution in [0.15, 0.2) is 12.3 Å². The van der Waals surface area contributed by atoms with E-state index in [4.69, 9.17) is 10.5 Å². The minimum atomic E-state index is -1.23. The van der Waals surface area contributed by atoms with Crippen LogP contribution in [0.3, 0.4) is 0 Å². The van der Waals surface area contributed by atoms with Gasteiger partial charge in [-0.15, -0.1) is 13.2 Å². The Balaban J connectivity index is 1.96. The molecule has 3 heterocycles. The minimum Gasteiger partial charge on any atom is -0.397 e. The van der Waals surface area contributed by atoms with Crippen molar-refractivity contribution in [2.45, 2.75) is 50.7 Å². The smallest absolute Gasteiger partial charge is 0.165 e. The summed E-state index contributed by atoms with van der Waals surface area (Å²) in [7, 11) is 0. The molecule has 1 aliphatic rings. The fraction of sp³-hybridized carbons (Fsp3) is 0.611. The summed E-state index contributed by atoms with van der Waals surface area (Å²) in [5, 5.41) is 21.2. The normalized spacial score (nSPS) is 26.7. The van der Waals surface area contributed by atoms with Gasteiger partial charge in [-0.05, 0) is 38.4 Å². The van der Waals surface area contributed by atoms with Gasteiger partial charge in [-0.3, -0.25) is 4.57 Å². The molecule has 0 radical (unpaired) electrons. The molecule has 0 aliphatic carbocycles. The Labute approximate surface area is 154 Å². The van der Waals surface area contributed by atoms with E-state index in [1.165, 1.54) is 0 Å².